The van der Waals surface area contributed by atoms with Gasteiger partial charge in [-0.2, -0.15) is 0 Å². The third kappa shape index (κ3) is 4.88. The molecular formula is C15H27N3O3. The van der Waals surface area contributed by atoms with E-state index in [-0.39, 0.29) is 12.0 Å². The molecule has 2 aliphatic heterocycles. The molecule has 0 spiro atoms. The van der Waals surface area contributed by atoms with Crippen LogP contribution in [0, 0.1) is 0 Å². The molecular weight excluding hydrogens is 270 g/mol. The summed E-state index contributed by atoms with van der Waals surface area (Å²) in [5.74, 6) is 0.181. The Morgan fingerprint density at radius 2 is 1.43 bits per heavy atom. The molecule has 2 amide bonds. The van der Waals surface area contributed by atoms with Crippen molar-refractivity contribution in [2.24, 2.45) is 0 Å². The molecule has 2 heterocycles. The SMILES string of the molecule is CC(C)(C)OC(=O)N1CCN(C(=O)CN2CCCC2)CC1. The van der Waals surface area contributed by atoms with Gasteiger partial charge in [-0.1, -0.05) is 0 Å². The van der Waals surface area contributed by atoms with Crippen molar-refractivity contribution in [2.45, 2.75) is 39.2 Å². The zero-order valence-electron chi connectivity index (χ0n) is 13.4. The van der Waals surface area contributed by atoms with Crippen molar-refractivity contribution in [1.82, 2.24) is 14.7 Å². The topological polar surface area (TPSA) is 53.1 Å². The van der Waals surface area contributed by atoms with Gasteiger partial charge in [0.1, 0.15) is 5.60 Å². The molecule has 0 radical (unpaired) electrons. The van der Waals surface area contributed by atoms with E-state index < -0.39 is 5.60 Å². The Morgan fingerprint density at radius 1 is 0.905 bits per heavy atom. The first-order valence-electron chi connectivity index (χ1n) is 7.83. The summed E-state index contributed by atoms with van der Waals surface area (Å²) < 4.78 is 5.36. The number of carbonyl (C=O) groups excluding carboxylic acids is 2. The Labute approximate surface area is 127 Å². The number of ether oxygens (including phenoxy) is 1. The molecule has 2 aliphatic rings. The third-order valence-corrected chi connectivity index (χ3v) is 3.84. The van der Waals surface area contributed by atoms with Gasteiger partial charge < -0.3 is 14.5 Å². The van der Waals surface area contributed by atoms with E-state index in [2.05, 4.69) is 4.90 Å². The van der Waals surface area contributed by atoms with Gasteiger partial charge in [-0.15, -0.1) is 0 Å². The smallest absolute Gasteiger partial charge is 0.410 e. The maximum Gasteiger partial charge on any atom is 0.410 e. The molecule has 0 atom stereocenters. The van der Waals surface area contributed by atoms with Crippen molar-refractivity contribution in [3.8, 4) is 0 Å². The van der Waals surface area contributed by atoms with E-state index in [1.807, 2.05) is 25.7 Å². The van der Waals surface area contributed by atoms with Crippen LogP contribution in [-0.2, 0) is 9.53 Å². The Morgan fingerprint density at radius 3 is 1.95 bits per heavy atom. The fourth-order valence-electron chi connectivity index (χ4n) is 2.70. The number of amides is 2. The van der Waals surface area contributed by atoms with Crippen LogP contribution < -0.4 is 0 Å². The monoisotopic (exact) mass is 297 g/mol. The molecule has 21 heavy (non-hydrogen) atoms. The Kier molecular flexibility index (Phi) is 5.08. The number of hydrogen-bond acceptors (Lipinski definition) is 4. The van der Waals surface area contributed by atoms with Crippen LogP contribution in [0.3, 0.4) is 0 Å². The second-order valence-electron chi connectivity index (χ2n) is 6.83. The average Bonchev–Trinajstić information content (AvgIpc) is 2.90. The second kappa shape index (κ2) is 6.64. The second-order valence-corrected chi connectivity index (χ2v) is 6.83. The van der Waals surface area contributed by atoms with E-state index >= 15 is 0 Å². The molecule has 6 nitrogen and oxygen atoms in total. The highest BCUT2D eigenvalue weighted by Gasteiger charge is 2.28. The summed E-state index contributed by atoms with van der Waals surface area (Å²) in [5.41, 5.74) is -0.472. The van der Waals surface area contributed by atoms with Crippen LogP contribution >= 0.6 is 0 Å². The zero-order chi connectivity index (χ0) is 15.5. The molecule has 0 aliphatic carbocycles. The largest absolute Gasteiger partial charge is 0.444 e. The summed E-state index contributed by atoms with van der Waals surface area (Å²) in [6, 6.07) is 0. The van der Waals surface area contributed by atoms with Gasteiger partial charge in [0.2, 0.25) is 5.91 Å². The van der Waals surface area contributed by atoms with Gasteiger partial charge >= 0.3 is 6.09 Å². The van der Waals surface area contributed by atoms with E-state index in [1.54, 1.807) is 4.90 Å². The van der Waals surface area contributed by atoms with Crippen LogP contribution in [0.1, 0.15) is 33.6 Å². The molecule has 0 saturated carbocycles. The lowest BCUT2D eigenvalue weighted by Crippen LogP contribution is -2.53. The standard InChI is InChI=1S/C15H27N3O3/c1-15(2,3)21-14(20)18-10-8-17(9-11-18)13(19)12-16-6-4-5-7-16/h4-12H2,1-3H3. The molecule has 2 rings (SSSR count). The summed E-state index contributed by atoms with van der Waals surface area (Å²) in [5, 5.41) is 0. The van der Waals surface area contributed by atoms with E-state index in [0.717, 1.165) is 13.1 Å². The van der Waals surface area contributed by atoms with E-state index in [4.69, 9.17) is 4.74 Å². The summed E-state index contributed by atoms with van der Waals surface area (Å²) >= 11 is 0. The number of piperazine rings is 1. The predicted octanol–water partition coefficient (Wildman–Crippen LogP) is 1.16. The van der Waals surface area contributed by atoms with Crippen LogP contribution in [0.5, 0.6) is 0 Å². The Bertz CT molecular complexity index is 378. The highest BCUT2D eigenvalue weighted by molar-refractivity contribution is 5.78. The van der Waals surface area contributed by atoms with Crippen LogP contribution in [-0.4, -0.2) is 78.1 Å². The van der Waals surface area contributed by atoms with Crippen molar-refractivity contribution in [1.29, 1.82) is 0 Å². The lowest BCUT2D eigenvalue weighted by atomic mass is 10.2. The lowest BCUT2D eigenvalue weighted by Gasteiger charge is -2.36. The normalized spacial score (nSPS) is 20.7. The Balaban J connectivity index is 1.74. The minimum Gasteiger partial charge on any atom is -0.444 e. The number of nitrogens with zero attached hydrogens (tertiary/aromatic N) is 3. The van der Waals surface area contributed by atoms with E-state index in [0.29, 0.717) is 32.7 Å². The molecule has 0 aromatic rings. The number of rotatable bonds is 2. The van der Waals surface area contributed by atoms with E-state index in [1.165, 1.54) is 12.8 Å². The maximum atomic E-state index is 12.2. The van der Waals surface area contributed by atoms with Crippen molar-refractivity contribution >= 4 is 12.0 Å². The predicted molar refractivity (Wildman–Crippen MR) is 80.1 cm³/mol. The summed E-state index contributed by atoms with van der Waals surface area (Å²) in [4.78, 5) is 29.9. The maximum absolute atomic E-state index is 12.2. The molecule has 120 valence electrons. The molecule has 0 N–H and O–H groups in total. The van der Waals surface area contributed by atoms with Crippen LogP contribution in [0.15, 0.2) is 0 Å². The molecule has 0 unspecified atom stereocenters. The lowest BCUT2D eigenvalue weighted by molar-refractivity contribution is -0.133. The first-order valence-corrected chi connectivity index (χ1v) is 7.83. The van der Waals surface area contributed by atoms with Crippen LogP contribution in [0.25, 0.3) is 0 Å². The van der Waals surface area contributed by atoms with Crippen LogP contribution in [0.2, 0.25) is 0 Å². The van der Waals surface area contributed by atoms with Crippen molar-refractivity contribution in [3.63, 3.8) is 0 Å². The highest BCUT2D eigenvalue weighted by Crippen LogP contribution is 2.13. The van der Waals surface area contributed by atoms with Crippen molar-refractivity contribution < 1.29 is 14.3 Å². The fourth-order valence-corrected chi connectivity index (χ4v) is 2.70. The average molecular weight is 297 g/mol. The Hall–Kier alpha value is -1.30. The third-order valence-electron chi connectivity index (χ3n) is 3.84. The first kappa shape index (κ1) is 16.1. The molecule has 0 bridgehead atoms. The number of carbonyl (C=O) groups is 2. The fraction of sp³-hybridized carbons (Fsp3) is 0.867. The van der Waals surface area contributed by atoms with Gasteiger partial charge in [-0.25, -0.2) is 4.79 Å². The molecule has 2 fully saturated rings. The number of likely N-dealkylation sites (tertiary alicyclic amines) is 1. The zero-order valence-corrected chi connectivity index (χ0v) is 13.4. The summed E-state index contributed by atoms with van der Waals surface area (Å²) in [6.45, 7) is 10.5. The number of hydrogen-bond donors (Lipinski definition) is 0. The quantitative estimate of drug-likeness (QED) is 0.767. The molecule has 6 heteroatoms. The minimum absolute atomic E-state index is 0.181. The molecule has 0 aromatic heterocycles. The van der Waals surface area contributed by atoms with Gasteiger partial charge in [-0.05, 0) is 46.7 Å². The molecule has 0 aromatic carbocycles. The first-order chi connectivity index (χ1) is 9.85. The van der Waals surface area contributed by atoms with Crippen LogP contribution in [0.4, 0.5) is 4.79 Å². The minimum atomic E-state index is -0.472. The van der Waals surface area contributed by atoms with Gasteiger partial charge in [0.25, 0.3) is 0 Å². The van der Waals surface area contributed by atoms with Gasteiger partial charge in [0, 0.05) is 26.2 Å². The summed E-state index contributed by atoms with van der Waals surface area (Å²) in [6.07, 6.45) is 2.11. The highest BCUT2D eigenvalue weighted by atomic mass is 16.6. The van der Waals surface area contributed by atoms with Gasteiger partial charge in [0.15, 0.2) is 0 Å². The van der Waals surface area contributed by atoms with Crippen molar-refractivity contribution in [2.75, 3.05) is 45.8 Å². The van der Waals surface area contributed by atoms with Gasteiger partial charge in [0.05, 0.1) is 6.54 Å². The van der Waals surface area contributed by atoms with E-state index in [9.17, 15) is 9.59 Å². The molecule has 2 saturated heterocycles. The summed E-state index contributed by atoms with van der Waals surface area (Å²) in [7, 11) is 0. The van der Waals surface area contributed by atoms with Gasteiger partial charge in [-0.3, -0.25) is 9.69 Å². The van der Waals surface area contributed by atoms with Crippen molar-refractivity contribution in [3.05, 3.63) is 0 Å².